The minimum Gasteiger partial charge on any atom is -0.473 e. The summed E-state index contributed by atoms with van der Waals surface area (Å²) in [4.78, 5) is 18.2. The lowest BCUT2D eigenvalue weighted by Crippen LogP contribution is -2.39. The van der Waals surface area contributed by atoms with Crippen LogP contribution in [-0.2, 0) is 9.59 Å². The van der Waals surface area contributed by atoms with Crippen molar-refractivity contribution >= 4 is 29.5 Å². The molecule has 9 nitrogen and oxygen atoms in total. The number of hydrogen-bond donors (Lipinski definition) is 7. The quantitative estimate of drug-likeness (QED) is 0.207. The summed E-state index contributed by atoms with van der Waals surface area (Å²) in [5.41, 5.74) is 5.82. The van der Waals surface area contributed by atoms with Crippen molar-refractivity contribution in [3.8, 4) is 0 Å². The van der Waals surface area contributed by atoms with E-state index in [1.807, 2.05) is 30.3 Å². The summed E-state index contributed by atoms with van der Waals surface area (Å²) in [7, 11) is 0. The average Bonchev–Trinajstić information content (AvgIpc) is 2.29. The van der Waals surface area contributed by atoms with Crippen LogP contribution < -0.4 is 16.4 Å². The predicted octanol–water partition coefficient (Wildman–Crippen LogP) is -0.328. The number of guanidine groups is 2. The second kappa shape index (κ2) is 8.06. The van der Waals surface area contributed by atoms with E-state index in [2.05, 4.69) is 10.6 Å². The van der Waals surface area contributed by atoms with E-state index < -0.39 is 11.9 Å². The maximum atomic E-state index is 9.10. The van der Waals surface area contributed by atoms with Crippen LogP contribution in [-0.4, -0.2) is 34.1 Å². The summed E-state index contributed by atoms with van der Waals surface area (Å²) in [5.74, 6) is -3.92. The number of nitrogens with two attached hydrogens (primary N) is 1. The van der Waals surface area contributed by atoms with Gasteiger partial charge >= 0.3 is 11.9 Å². The van der Waals surface area contributed by atoms with E-state index in [0.29, 0.717) is 0 Å². The third-order valence-corrected chi connectivity index (χ3v) is 1.49. The molecule has 0 fully saturated rings. The van der Waals surface area contributed by atoms with Crippen LogP contribution >= 0.6 is 0 Å². The Morgan fingerprint density at radius 1 is 1.05 bits per heavy atom. The minimum absolute atomic E-state index is 0.0151. The maximum absolute atomic E-state index is 9.10. The standard InChI is InChI=1S/C8H11N5.C2H2O4/c9-7(10)13-8(11)12-6-4-2-1-3-5-6;3-1(4)2(5)6/h1-5H,(H6,9,10,11,12,13);(H,3,4)(H,5,6). The summed E-state index contributed by atoms with van der Waals surface area (Å²) < 4.78 is 0. The lowest BCUT2D eigenvalue weighted by atomic mass is 10.3. The minimum atomic E-state index is -1.82. The number of carboxylic acids is 2. The van der Waals surface area contributed by atoms with Crippen molar-refractivity contribution in [2.75, 3.05) is 5.32 Å². The Hall–Kier alpha value is -3.10. The van der Waals surface area contributed by atoms with Crippen molar-refractivity contribution in [2.24, 2.45) is 5.73 Å². The molecule has 0 spiro atoms. The van der Waals surface area contributed by atoms with Gasteiger partial charge in [0.2, 0.25) is 0 Å². The summed E-state index contributed by atoms with van der Waals surface area (Å²) in [6.07, 6.45) is 0. The zero-order chi connectivity index (χ0) is 14.8. The third-order valence-electron chi connectivity index (χ3n) is 1.49. The van der Waals surface area contributed by atoms with Gasteiger partial charge in [0.25, 0.3) is 0 Å². The number of rotatable bonds is 1. The number of aliphatic carboxylic acids is 2. The molecule has 19 heavy (non-hydrogen) atoms. The van der Waals surface area contributed by atoms with Crippen molar-refractivity contribution in [3.63, 3.8) is 0 Å². The van der Waals surface area contributed by atoms with E-state index >= 15 is 0 Å². The Kier molecular flexibility index (Phi) is 6.74. The average molecular weight is 267 g/mol. The zero-order valence-corrected chi connectivity index (χ0v) is 9.68. The Morgan fingerprint density at radius 3 is 1.89 bits per heavy atom. The van der Waals surface area contributed by atoms with E-state index in [1.165, 1.54) is 0 Å². The first-order valence-corrected chi connectivity index (χ1v) is 4.80. The molecule has 0 bridgehead atoms. The molecule has 0 saturated carbocycles. The van der Waals surface area contributed by atoms with Crippen LogP contribution in [0.5, 0.6) is 0 Å². The normalized spacial score (nSPS) is 8.42. The molecular formula is C10H13N5O4. The van der Waals surface area contributed by atoms with E-state index in [4.69, 9.17) is 36.4 Å². The first-order chi connectivity index (χ1) is 8.82. The van der Waals surface area contributed by atoms with Gasteiger partial charge in [-0.15, -0.1) is 0 Å². The number of para-hydroxylation sites is 1. The van der Waals surface area contributed by atoms with E-state index in [1.54, 1.807) is 0 Å². The number of nitrogens with one attached hydrogen (secondary N) is 4. The van der Waals surface area contributed by atoms with E-state index in [0.717, 1.165) is 5.69 Å². The molecule has 1 rings (SSSR count). The van der Waals surface area contributed by atoms with Crippen molar-refractivity contribution in [1.82, 2.24) is 5.32 Å². The van der Waals surface area contributed by atoms with Gasteiger partial charge in [-0.2, -0.15) is 0 Å². The summed E-state index contributed by atoms with van der Waals surface area (Å²) in [6, 6.07) is 9.21. The highest BCUT2D eigenvalue weighted by atomic mass is 16.4. The Morgan fingerprint density at radius 2 is 1.53 bits per heavy atom. The van der Waals surface area contributed by atoms with Crippen LogP contribution in [0.15, 0.2) is 30.3 Å². The molecule has 0 saturated heterocycles. The lowest BCUT2D eigenvalue weighted by Gasteiger charge is -2.07. The number of carbonyl (C=O) groups is 2. The number of anilines is 1. The molecule has 0 amide bonds. The molecule has 0 unspecified atom stereocenters. The van der Waals surface area contributed by atoms with Crippen LogP contribution in [0.25, 0.3) is 0 Å². The van der Waals surface area contributed by atoms with Crippen LogP contribution in [0.2, 0.25) is 0 Å². The second-order valence-corrected chi connectivity index (χ2v) is 3.02. The number of hydrogen-bond acceptors (Lipinski definition) is 4. The third kappa shape index (κ3) is 8.68. The van der Waals surface area contributed by atoms with Crippen molar-refractivity contribution in [3.05, 3.63) is 30.3 Å². The van der Waals surface area contributed by atoms with Crippen LogP contribution in [0.1, 0.15) is 0 Å². The summed E-state index contributed by atoms with van der Waals surface area (Å²) in [5, 5.41) is 34.0. The predicted molar refractivity (Wildman–Crippen MR) is 68.1 cm³/mol. The van der Waals surface area contributed by atoms with Gasteiger partial charge in [0.1, 0.15) is 0 Å². The first-order valence-electron chi connectivity index (χ1n) is 4.80. The summed E-state index contributed by atoms with van der Waals surface area (Å²) in [6.45, 7) is 0. The van der Waals surface area contributed by atoms with Crippen LogP contribution in [0, 0.1) is 10.8 Å². The molecule has 0 aliphatic rings. The highest BCUT2D eigenvalue weighted by Gasteiger charge is 2.04. The fraction of sp³-hybridized carbons (Fsp3) is 0. The lowest BCUT2D eigenvalue weighted by molar-refractivity contribution is -0.159. The van der Waals surface area contributed by atoms with Crippen LogP contribution in [0.3, 0.4) is 0 Å². The van der Waals surface area contributed by atoms with E-state index in [9.17, 15) is 0 Å². The molecule has 0 heterocycles. The monoisotopic (exact) mass is 267 g/mol. The molecule has 0 aliphatic heterocycles. The van der Waals surface area contributed by atoms with E-state index in [-0.39, 0.29) is 11.9 Å². The molecule has 1 aromatic rings. The van der Waals surface area contributed by atoms with Gasteiger partial charge in [0.15, 0.2) is 11.9 Å². The van der Waals surface area contributed by atoms with Crippen LogP contribution in [0.4, 0.5) is 5.69 Å². The highest BCUT2D eigenvalue weighted by Crippen LogP contribution is 2.03. The molecule has 9 heteroatoms. The van der Waals surface area contributed by atoms with Crippen molar-refractivity contribution in [2.45, 2.75) is 0 Å². The molecule has 8 N–H and O–H groups in total. The van der Waals surface area contributed by atoms with Gasteiger partial charge in [-0.3, -0.25) is 16.1 Å². The Balaban J connectivity index is 0.000000459. The molecule has 0 aliphatic carbocycles. The van der Waals surface area contributed by atoms with Gasteiger partial charge in [0.05, 0.1) is 0 Å². The summed E-state index contributed by atoms with van der Waals surface area (Å²) >= 11 is 0. The SMILES string of the molecule is N=C(N)NC(=N)Nc1ccccc1.O=C(O)C(=O)O. The molecule has 0 radical (unpaired) electrons. The molecule has 0 atom stereocenters. The Bertz CT molecular complexity index is 462. The smallest absolute Gasteiger partial charge is 0.414 e. The van der Waals surface area contributed by atoms with Gasteiger partial charge < -0.3 is 21.3 Å². The maximum Gasteiger partial charge on any atom is 0.414 e. The molecule has 102 valence electrons. The topological polar surface area (TPSA) is 172 Å². The highest BCUT2D eigenvalue weighted by molar-refractivity contribution is 6.27. The number of benzene rings is 1. The second-order valence-electron chi connectivity index (χ2n) is 3.02. The molecule has 0 aromatic heterocycles. The fourth-order valence-electron chi connectivity index (χ4n) is 0.832. The van der Waals surface area contributed by atoms with Gasteiger partial charge in [-0.05, 0) is 12.1 Å². The van der Waals surface area contributed by atoms with Crippen molar-refractivity contribution in [1.29, 1.82) is 10.8 Å². The first kappa shape index (κ1) is 15.9. The van der Waals surface area contributed by atoms with Crippen molar-refractivity contribution < 1.29 is 19.8 Å². The van der Waals surface area contributed by atoms with Gasteiger partial charge in [-0.1, -0.05) is 18.2 Å². The molecular weight excluding hydrogens is 254 g/mol. The van der Waals surface area contributed by atoms with Gasteiger partial charge in [-0.25, -0.2) is 9.59 Å². The number of carboxylic acid groups (broad SMARTS) is 2. The van der Waals surface area contributed by atoms with Gasteiger partial charge in [0, 0.05) is 5.69 Å². The molecule has 1 aromatic carbocycles. The Labute approximate surface area is 108 Å². The largest absolute Gasteiger partial charge is 0.473 e. The zero-order valence-electron chi connectivity index (χ0n) is 9.68. The fourth-order valence-corrected chi connectivity index (χ4v) is 0.832.